The van der Waals surface area contributed by atoms with Gasteiger partial charge < -0.3 is 10.0 Å². The molecule has 1 N–H and O–H groups in total. The molecular formula is C17H19FN2O2S. The molecule has 1 fully saturated rings. The summed E-state index contributed by atoms with van der Waals surface area (Å²) in [6.07, 6.45) is 4.93. The van der Waals surface area contributed by atoms with E-state index < -0.39 is 5.60 Å². The second-order valence-corrected chi connectivity index (χ2v) is 7.13. The van der Waals surface area contributed by atoms with Crippen molar-refractivity contribution in [3.63, 3.8) is 0 Å². The van der Waals surface area contributed by atoms with Gasteiger partial charge in [-0.2, -0.15) is 0 Å². The van der Waals surface area contributed by atoms with Gasteiger partial charge in [0, 0.05) is 19.2 Å². The zero-order valence-electron chi connectivity index (χ0n) is 13.0. The van der Waals surface area contributed by atoms with Gasteiger partial charge in [0.15, 0.2) is 0 Å². The molecule has 0 atom stereocenters. The van der Waals surface area contributed by atoms with Crippen LogP contribution in [0.2, 0.25) is 0 Å². The van der Waals surface area contributed by atoms with Crippen molar-refractivity contribution in [1.29, 1.82) is 0 Å². The van der Waals surface area contributed by atoms with Crippen LogP contribution < -0.4 is 0 Å². The van der Waals surface area contributed by atoms with E-state index in [2.05, 4.69) is 4.98 Å². The molecule has 1 saturated carbocycles. The minimum Gasteiger partial charge on any atom is -0.388 e. The van der Waals surface area contributed by atoms with E-state index in [1.54, 1.807) is 25.2 Å². The number of halogens is 1. The fourth-order valence-corrected chi connectivity index (χ4v) is 3.96. The zero-order valence-corrected chi connectivity index (χ0v) is 13.8. The average Bonchev–Trinajstić information content (AvgIpc) is 3.16. The topological polar surface area (TPSA) is 53.4 Å². The van der Waals surface area contributed by atoms with Gasteiger partial charge >= 0.3 is 0 Å². The molecule has 0 aliphatic heterocycles. The van der Waals surface area contributed by atoms with Crippen molar-refractivity contribution >= 4 is 17.2 Å². The van der Waals surface area contributed by atoms with E-state index in [1.165, 1.54) is 28.5 Å². The molecule has 0 unspecified atom stereocenters. The van der Waals surface area contributed by atoms with Crippen molar-refractivity contribution in [2.45, 2.75) is 31.3 Å². The van der Waals surface area contributed by atoms with E-state index in [-0.39, 0.29) is 11.7 Å². The Hall–Kier alpha value is -1.79. The number of nitrogens with zero attached hydrogens (tertiary/aromatic N) is 2. The molecule has 1 aliphatic rings. The zero-order chi connectivity index (χ0) is 16.4. The van der Waals surface area contributed by atoms with Gasteiger partial charge in [0.25, 0.3) is 5.91 Å². The van der Waals surface area contributed by atoms with Crippen molar-refractivity contribution in [3.05, 3.63) is 41.2 Å². The molecule has 1 aliphatic carbocycles. The van der Waals surface area contributed by atoms with Crippen LogP contribution in [0.25, 0.3) is 10.6 Å². The summed E-state index contributed by atoms with van der Waals surface area (Å²) in [5, 5.41) is 10.9. The summed E-state index contributed by atoms with van der Waals surface area (Å²) < 4.78 is 13.8. The van der Waals surface area contributed by atoms with Crippen molar-refractivity contribution in [1.82, 2.24) is 9.88 Å². The summed E-state index contributed by atoms with van der Waals surface area (Å²) >= 11 is 1.17. The summed E-state index contributed by atoms with van der Waals surface area (Å²) in [6, 6.07) is 6.38. The Morgan fingerprint density at radius 3 is 2.78 bits per heavy atom. The second kappa shape index (κ2) is 6.37. The summed E-state index contributed by atoms with van der Waals surface area (Å²) in [5.74, 6) is -0.542. The number of rotatable bonds is 4. The standard InChI is InChI=1S/C17H19FN2O2S/c1-20(11-17(22)8-4-5-9-17)16(21)14-10-19-15(23-14)12-6-2-3-7-13(12)18/h2-3,6-7,10,22H,4-5,8-9,11H2,1H3. The van der Waals surface area contributed by atoms with Crippen molar-refractivity contribution in [3.8, 4) is 10.6 Å². The molecule has 1 amide bonds. The maximum Gasteiger partial charge on any atom is 0.265 e. The Morgan fingerprint density at radius 2 is 2.09 bits per heavy atom. The minimum atomic E-state index is -0.774. The van der Waals surface area contributed by atoms with Crippen molar-refractivity contribution < 1.29 is 14.3 Å². The molecule has 1 aromatic carbocycles. The first-order valence-electron chi connectivity index (χ1n) is 7.67. The Balaban J connectivity index is 1.74. The predicted molar refractivity (Wildman–Crippen MR) is 87.9 cm³/mol. The van der Waals surface area contributed by atoms with Gasteiger partial charge in [-0.05, 0) is 25.0 Å². The Kier molecular flexibility index (Phi) is 4.46. The lowest BCUT2D eigenvalue weighted by atomic mass is 10.0. The summed E-state index contributed by atoms with van der Waals surface area (Å²) in [7, 11) is 1.68. The van der Waals surface area contributed by atoms with Crippen LogP contribution in [0.15, 0.2) is 30.5 Å². The number of likely N-dealkylation sites (N-methyl/N-ethyl adjacent to an activating group) is 1. The van der Waals surface area contributed by atoms with E-state index in [4.69, 9.17) is 0 Å². The van der Waals surface area contributed by atoms with Gasteiger partial charge in [0.1, 0.15) is 15.7 Å². The molecule has 1 aromatic heterocycles. The van der Waals surface area contributed by atoms with Crippen LogP contribution in [-0.4, -0.2) is 40.1 Å². The largest absolute Gasteiger partial charge is 0.388 e. The highest BCUT2D eigenvalue weighted by Gasteiger charge is 2.34. The number of aliphatic hydroxyl groups is 1. The summed E-state index contributed by atoms with van der Waals surface area (Å²) in [4.78, 5) is 18.6. The van der Waals surface area contributed by atoms with Crippen LogP contribution >= 0.6 is 11.3 Å². The highest BCUT2D eigenvalue weighted by atomic mass is 32.1. The third-order valence-corrected chi connectivity index (χ3v) is 5.25. The fourth-order valence-electron chi connectivity index (χ4n) is 3.02. The quantitative estimate of drug-likeness (QED) is 0.933. The molecule has 0 radical (unpaired) electrons. The highest BCUT2D eigenvalue weighted by molar-refractivity contribution is 7.16. The molecule has 1 heterocycles. The van der Waals surface area contributed by atoms with Crippen molar-refractivity contribution in [2.75, 3.05) is 13.6 Å². The van der Waals surface area contributed by atoms with Gasteiger partial charge in [0.05, 0.1) is 11.8 Å². The highest BCUT2D eigenvalue weighted by Crippen LogP contribution is 2.31. The van der Waals surface area contributed by atoms with Crippen LogP contribution in [-0.2, 0) is 0 Å². The second-order valence-electron chi connectivity index (χ2n) is 6.10. The van der Waals surface area contributed by atoms with Gasteiger partial charge in [0.2, 0.25) is 0 Å². The fraction of sp³-hybridized carbons (Fsp3) is 0.412. The van der Waals surface area contributed by atoms with Gasteiger partial charge in [-0.3, -0.25) is 4.79 Å². The van der Waals surface area contributed by atoms with E-state index in [9.17, 15) is 14.3 Å². The normalized spacial score (nSPS) is 16.5. The Bertz CT molecular complexity index is 710. The first-order chi connectivity index (χ1) is 11.0. The van der Waals surface area contributed by atoms with Crippen LogP contribution in [0, 0.1) is 5.82 Å². The lowest BCUT2D eigenvalue weighted by molar-refractivity contribution is 0.0158. The SMILES string of the molecule is CN(CC1(O)CCCC1)C(=O)c1cnc(-c2ccccc2F)s1. The molecule has 6 heteroatoms. The Labute approximate surface area is 138 Å². The lowest BCUT2D eigenvalue weighted by Crippen LogP contribution is -2.41. The molecule has 3 rings (SSSR count). The predicted octanol–water partition coefficient (Wildman–Crippen LogP) is 3.33. The van der Waals surface area contributed by atoms with E-state index >= 15 is 0 Å². The number of carbonyl (C=O) groups is 1. The first-order valence-corrected chi connectivity index (χ1v) is 8.49. The average molecular weight is 334 g/mol. The molecule has 23 heavy (non-hydrogen) atoms. The summed E-state index contributed by atoms with van der Waals surface area (Å²) in [6.45, 7) is 0.318. The molecule has 0 saturated heterocycles. The van der Waals surface area contributed by atoms with Gasteiger partial charge in [-0.1, -0.05) is 25.0 Å². The maximum absolute atomic E-state index is 13.8. The number of amides is 1. The molecule has 2 aromatic rings. The Morgan fingerprint density at radius 1 is 1.39 bits per heavy atom. The van der Waals surface area contributed by atoms with Crippen LogP contribution in [0.1, 0.15) is 35.4 Å². The summed E-state index contributed by atoms with van der Waals surface area (Å²) in [5.41, 5.74) is -0.377. The molecule has 0 spiro atoms. The number of aromatic nitrogens is 1. The van der Waals surface area contributed by atoms with E-state index in [0.717, 1.165) is 25.7 Å². The smallest absolute Gasteiger partial charge is 0.265 e. The number of carbonyl (C=O) groups excluding carboxylic acids is 1. The molecular weight excluding hydrogens is 315 g/mol. The van der Waals surface area contributed by atoms with E-state index in [1.807, 2.05) is 0 Å². The molecule has 4 nitrogen and oxygen atoms in total. The van der Waals surface area contributed by atoms with Crippen molar-refractivity contribution in [2.24, 2.45) is 0 Å². The van der Waals surface area contributed by atoms with E-state index in [0.29, 0.717) is 22.0 Å². The first kappa shape index (κ1) is 16.1. The number of hydrogen-bond acceptors (Lipinski definition) is 4. The van der Waals surface area contributed by atoms with Gasteiger partial charge in [-0.25, -0.2) is 9.37 Å². The minimum absolute atomic E-state index is 0.189. The lowest BCUT2D eigenvalue weighted by Gasteiger charge is -2.28. The number of benzene rings is 1. The van der Waals surface area contributed by atoms with Crippen LogP contribution in [0.3, 0.4) is 0 Å². The third-order valence-electron chi connectivity index (χ3n) is 4.23. The number of thiazole rings is 1. The monoisotopic (exact) mass is 334 g/mol. The molecule has 122 valence electrons. The van der Waals surface area contributed by atoms with Crippen LogP contribution in [0.5, 0.6) is 0 Å². The van der Waals surface area contributed by atoms with Gasteiger partial charge in [-0.15, -0.1) is 11.3 Å². The number of hydrogen-bond donors (Lipinski definition) is 1. The van der Waals surface area contributed by atoms with Crippen LogP contribution in [0.4, 0.5) is 4.39 Å². The third kappa shape index (κ3) is 3.43. The maximum atomic E-state index is 13.8. The molecule has 0 bridgehead atoms.